The summed E-state index contributed by atoms with van der Waals surface area (Å²) in [6.45, 7) is 5.87. The number of benzene rings is 1. The minimum absolute atomic E-state index is 0.0637. The van der Waals surface area contributed by atoms with Crippen LogP contribution in [0.3, 0.4) is 0 Å². The van der Waals surface area contributed by atoms with Gasteiger partial charge in [-0.2, -0.15) is 0 Å². The molecule has 4 heteroatoms. The van der Waals surface area contributed by atoms with Gasteiger partial charge >= 0.3 is 0 Å². The molecule has 0 aliphatic rings. The lowest BCUT2D eigenvalue weighted by Gasteiger charge is -2.24. The van der Waals surface area contributed by atoms with Crippen LogP contribution in [0.5, 0.6) is 0 Å². The third kappa shape index (κ3) is 3.13. The van der Waals surface area contributed by atoms with E-state index in [0.717, 1.165) is 16.6 Å². The molecule has 100 valence electrons. The lowest BCUT2D eigenvalue weighted by atomic mass is 10.0. The highest BCUT2D eigenvalue weighted by molar-refractivity contribution is 9.09. The van der Waals surface area contributed by atoms with Crippen LogP contribution >= 0.6 is 15.9 Å². The minimum atomic E-state index is -0.282. The maximum Gasteiger partial charge on any atom is 0.252 e. The van der Waals surface area contributed by atoms with Crippen LogP contribution in [0.15, 0.2) is 30.3 Å². The molecule has 2 rings (SSSR count). The molecule has 1 N–H and O–H groups in total. The van der Waals surface area contributed by atoms with Gasteiger partial charge in [-0.3, -0.25) is 9.78 Å². The smallest absolute Gasteiger partial charge is 0.252 e. The van der Waals surface area contributed by atoms with Crippen molar-refractivity contribution < 1.29 is 4.79 Å². The van der Waals surface area contributed by atoms with Gasteiger partial charge in [-0.25, -0.2) is 0 Å². The number of amides is 1. The molecule has 1 aromatic heterocycles. The van der Waals surface area contributed by atoms with E-state index in [1.54, 1.807) is 0 Å². The van der Waals surface area contributed by atoms with E-state index < -0.39 is 0 Å². The van der Waals surface area contributed by atoms with Crippen molar-refractivity contribution in [2.75, 3.05) is 5.33 Å². The Labute approximate surface area is 121 Å². The molecule has 0 saturated heterocycles. The van der Waals surface area contributed by atoms with E-state index in [4.69, 9.17) is 0 Å². The van der Waals surface area contributed by atoms with Crippen molar-refractivity contribution in [1.82, 2.24) is 10.3 Å². The summed E-state index contributed by atoms with van der Waals surface area (Å²) in [6.07, 6.45) is 0. The second-order valence-corrected chi connectivity index (χ2v) is 5.86. The summed E-state index contributed by atoms with van der Waals surface area (Å²) in [5.41, 5.74) is 2.09. The Hall–Kier alpha value is -1.42. The molecular formula is C15H17BrN2O. The predicted octanol–water partition coefficient (Wildman–Crippen LogP) is 3.45. The van der Waals surface area contributed by atoms with Gasteiger partial charge in [0.15, 0.2) is 0 Å². The number of aryl methyl sites for hydroxylation is 1. The van der Waals surface area contributed by atoms with Crippen LogP contribution in [-0.2, 0) is 0 Å². The molecule has 0 unspecified atom stereocenters. The van der Waals surface area contributed by atoms with Gasteiger partial charge in [0.25, 0.3) is 5.91 Å². The first-order valence-electron chi connectivity index (χ1n) is 6.18. The summed E-state index contributed by atoms with van der Waals surface area (Å²) in [5.74, 6) is -0.0637. The van der Waals surface area contributed by atoms with Crippen LogP contribution < -0.4 is 5.32 Å². The van der Waals surface area contributed by atoms with Crippen molar-refractivity contribution in [3.63, 3.8) is 0 Å². The maximum atomic E-state index is 12.4. The number of fused-ring (bicyclic) bond motifs is 1. The van der Waals surface area contributed by atoms with Gasteiger partial charge in [0.2, 0.25) is 0 Å². The summed E-state index contributed by atoms with van der Waals surface area (Å²) in [5, 5.41) is 4.62. The second-order valence-electron chi connectivity index (χ2n) is 5.30. The lowest BCUT2D eigenvalue weighted by Crippen LogP contribution is -2.44. The number of hydrogen-bond acceptors (Lipinski definition) is 2. The van der Waals surface area contributed by atoms with Crippen molar-refractivity contribution in [1.29, 1.82) is 0 Å². The zero-order valence-electron chi connectivity index (χ0n) is 11.3. The van der Waals surface area contributed by atoms with Crippen LogP contribution in [0.4, 0.5) is 0 Å². The van der Waals surface area contributed by atoms with Crippen LogP contribution in [0, 0.1) is 6.92 Å². The monoisotopic (exact) mass is 320 g/mol. The fourth-order valence-corrected chi connectivity index (χ4v) is 2.04. The first-order valence-corrected chi connectivity index (χ1v) is 7.30. The van der Waals surface area contributed by atoms with Crippen LogP contribution in [0.1, 0.15) is 29.9 Å². The summed E-state index contributed by atoms with van der Waals surface area (Å²) < 4.78 is 0. The van der Waals surface area contributed by atoms with Crippen molar-refractivity contribution in [2.45, 2.75) is 26.3 Å². The minimum Gasteiger partial charge on any atom is -0.346 e. The van der Waals surface area contributed by atoms with Gasteiger partial charge in [-0.1, -0.05) is 34.1 Å². The van der Waals surface area contributed by atoms with E-state index in [-0.39, 0.29) is 11.4 Å². The number of alkyl halides is 1. The Morgan fingerprint density at radius 2 is 2.05 bits per heavy atom. The van der Waals surface area contributed by atoms with Crippen LogP contribution in [0.25, 0.3) is 10.9 Å². The highest BCUT2D eigenvalue weighted by Crippen LogP contribution is 2.19. The second kappa shape index (κ2) is 5.29. The van der Waals surface area contributed by atoms with Gasteiger partial charge < -0.3 is 5.32 Å². The molecule has 0 atom stereocenters. The number of pyridine rings is 1. The highest BCUT2D eigenvalue weighted by Gasteiger charge is 2.21. The molecule has 1 aromatic carbocycles. The standard InChI is InChI=1S/C15H17BrN2O/c1-10-8-12(14(19)18-15(2,3)9-16)11-6-4-5-7-13(11)17-10/h4-8H,9H2,1-3H3,(H,18,19). The van der Waals surface area contributed by atoms with Gasteiger partial charge in [0.05, 0.1) is 11.1 Å². The average molecular weight is 321 g/mol. The van der Waals surface area contributed by atoms with Gasteiger partial charge in [-0.05, 0) is 32.9 Å². The maximum absolute atomic E-state index is 12.4. The van der Waals surface area contributed by atoms with Gasteiger partial charge in [0.1, 0.15) is 0 Å². The summed E-state index contributed by atoms with van der Waals surface area (Å²) in [7, 11) is 0. The molecule has 2 aromatic rings. The number of nitrogens with one attached hydrogen (secondary N) is 1. The van der Waals surface area contributed by atoms with Crippen LogP contribution in [-0.4, -0.2) is 21.8 Å². The van der Waals surface area contributed by atoms with Gasteiger partial charge in [0, 0.05) is 21.9 Å². The predicted molar refractivity (Wildman–Crippen MR) is 81.8 cm³/mol. The molecule has 3 nitrogen and oxygen atoms in total. The topological polar surface area (TPSA) is 42.0 Å². The van der Waals surface area contributed by atoms with Crippen molar-refractivity contribution in [2.24, 2.45) is 0 Å². The molecule has 1 amide bonds. The summed E-state index contributed by atoms with van der Waals surface area (Å²) in [4.78, 5) is 16.9. The molecule has 0 aliphatic heterocycles. The first kappa shape index (κ1) is 14.0. The van der Waals surface area contributed by atoms with Crippen molar-refractivity contribution in [3.8, 4) is 0 Å². The fraction of sp³-hybridized carbons (Fsp3) is 0.333. The molecule has 0 aliphatic carbocycles. The lowest BCUT2D eigenvalue weighted by molar-refractivity contribution is 0.0923. The molecule has 1 heterocycles. The van der Waals surface area contributed by atoms with Crippen molar-refractivity contribution >= 4 is 32.7 Å². The fourth-order valence-electron chi connectivity index (χ4n) is 1.90. The molecule has 0 fully saturated rings. The number of carbonyl (C=O) groups excluding carboxylic acids is 1. The number of halogens is 1. The molecule has 0 spiro atoms. The average Bonchev–Trinajstić information content (AvgIpc) is 2.37. The van der Waals surface area contributed by atoms with Gasteiger partial charge in [-0.15, -0.1) is 0 Å². The third-order valence-corrected chi connectivity index (χ3v) is 4.28. The van der Waals surface area contributed by atoms with E-state index in [1.807, 2.05) is 51.1 Å². The summed E-state index contributed by atoms with van der Waals surface area (Å²) in [6, 6.07) is 9.54. The SMILES string of the molecule is Cc1cc(C(=O)NC(C)(C)CBr)c2ccccc2n1. The largest absolute Gasteiger partial charge is 0.346 e. The van der Waals surface area contributed by atoms with E-state index in [1.165, 1.54) is 0 Å². The van der Waals surface area contributed by atoms with E-state index in [9.17, 15) is 4.79 Å². The number of hydrogen-bond donors (Lipinski definition) is 1. The van der Waals surface area contributed by atoms with E-state index in [0.29, 0.717) is 10.9 Å². The molecule has 19 heavy (non-hydrogen) atoms. The Morgan fingerprint density at radius 1 is 1.37 bits per heavy atom. The molecular weight excluding hydrogens is 304 g/mol. The Bertz CT molecular complexity index is 623. The normalized spacial score (nSPS) is 11.6. The number of para-hydroxylation sites is 1. The zero-order valence-corrected chi connectivity index (χ0v) is 12.9. The Kier molecular flexibility index (Phi) is 3.90. The number of aromatic nitrogens is 1. The summed E-state index contributed by atoms with van der Waals surface area (Å²) >= 11 is 3.41. The third-order valence-electron chi connectivity index (χ3n) is 2.87. The Morgan fingerprint density at radius 3 is 2.74 bits per heavy atom. The molecule has 0 bridgehead atoms. The number of carbonyl (C=O) groups is 1. The highest BCUT2D eigenvalue weighted by atomic mass is 79.9. The zero-order chi connectivity index (χ0) is 14.0. The number of nitrogens with zero attached hydrogens (tertiary/aromatic N) is 1. The van der Waals surface area contributed by atoms with Crippen LogP contribution in [0.2, 0.25) is 0 Å². The Balaban J connectivity index is 2.47. The quantitative estimate of drug-likeness (QED) is 0.880. The van der Waals surface area contributed by atoms with E-state index in [2.05, 4.69) is 26.2 Å². The van der Waals surface area contributed by atoms with E-state index >= 15 is 0 Å². The molecule has 0 radical (unpaired) electrons. The molecule has 0 saturated carbocycles. The van der Waals surface area contributed by atoms with Crippen molar-refractivity contribution in [3.05, 3.63) is 41.6 Å². The number of rotatable bonds is 3. The first-order chi connectivity index (χ1) is 8.93.